The normalized spacial score (nSPS) is 20.6. The quantitative estimate of drug-likeness (QED) is 0.137. The smallest absolute Gasteiger partial charge is 0.308 e. The van der Waals surface area contributed by atoms with Crippen molar-refractivity contribution in [2.45, 2.75) is 145 Å². The maximum atomic E-state index is 12.5. The molecule has 0 amide bonds. The molecular formula is C32H60O4. The van der Waals surface area contributed by atoms with Gasteiger partial charge >= 0.3 is 11.9 Å². The van der Waals surface area contributed by atoms with Crippen LogP contribution < -0.4 is 0 Å². The number of esters is 2. The van der Waals surface area contributed by atoms with Crippen LogP contribution in [-0.2, 0) is 19.1 Å². The second kappa shape index (κ2) is 16.7. The lowest BCUT2D eigenvalue weighted by Crippen LogP contribution is -2.28. The fraction of sp³-hybridized carbons (Fsp3) is 0.938. The highest BCUT2D eigenvalue weighted by Gasteiger charge is 2.31. The van der Waals surface area contributed by atoms with E-state index in [0.29, 0.717) is 35.9 Å². The molecule has 1 saturated carbocycles. The molecule has 212 valence electrons. The maximum absolute atomic E-state index is 12.5. The summed E-state index contributed by atoms with van der Waals surface area (Å²) in [6, 6.07) is 0. The zero-order chi connectivity index (χ0) is 27.2. The number of ether oxygens (including phenoxy) is 2. The first-order valence-electron chi connectivity index (χ1n) is 15.2. The highest BCUT2D eigenvalue weighted by Crippen LogP contribution is 2.33. The Bertz CT molecular complexity index is 562. The van der Waals surface area contributed by atoms with Crippen LogP contribution in [0.1, 0.15) is 145 Å². The third kappa shape index (κ3) is 14.0. The van der Waals surface area contributed by atoms with Gasteiger partial charge in [-0.05, 0) is 86.9 Å². The van der Waals surface area contributed by atoms with Gasteiger partial charge in [0.2, 0.25) is 0 Å². The van der Waals surface area contributed by atoms with Crippen molar-refractivity contribution in [3.63, 3.8) is 0 Å². The molecule has 0 bridgehead atoms. The molecule has 1 aliphatic carbocycles. The van der Waals surface area contributed by atoms with Crippen LogP contribution in [0, 0.1) is 34.5 Å². The molecule has 0 heterocycles. The summed E-state index contributed by atoms with van der Waals surface area (Å²) in [5.74, 6) is 1.20. The number of hydrogen-bond donors (Lipinski definition) is 0. The van der Waals surface area contributed by atoms with E-state index in [9.17, 15) is 9.59 Å². The predicted molar refractivity (Wildman–Crippen MR) is 151 cm³/mol. The average molecular weight is 509 g/mol. The van der Waals surface area contributed by atoms with E-state index in [1.807, 2.05) is 0 Å². The monoisotopic (exact) mass is 508 g/mol. The van der Waals surface area contributed by atoms with Gasteiger partial charge in [0.15, 0.2) is 0 Å². The van der Waals surface area contributed by atoms with Crippen LogP contribution in [0.25, 0.3) is 0 Å². The van der Waals surface area contributed by atoms with Gasteiger partial charge in [0, 0.05) is 0 Å². The summed E-state index contributed by atoms with van der Waals surface area (Å²) < 4.78 is 11.1. The van der Waals surface area contributed by atoms with Gasteiger partial charge in [-0.15, -0.1) is 0 Å². The fourth-order valence-corrected chi connectivity index (χ4v) is 5.72. The van der Waals surface area contributed by atoms with Gasteiger partial charge in [0.1, 0.15) is 0 Å². The van der Waals surface area contributed by atoms with Gasteiger partial charge in [-0.1, -0.05) is 81.1 Å². The summed E-state index contributed by atoms with van der Waals surface area (Å²) in [7, 11) is 0. The highest BCUT2D eigenvalue weighted by atomic mass is 16.5. The van der Waals surface area contributed by atoms with Gasteiger partial charge < -0.3 is 9.47 Å². The Morgan fingerprint density at radius 2 is 1.00 bits per heavy atom. The van der Waals surface area contributed by atoms with E-state index in [1.165, 1.54) is 38.5 Å². The lowest BCUT2D eigenvalue weighted by molar-refractivity contribution is -0.155. The number of carbonyl (C=O) groups is 2. The highest BCUT2D eigenvalue weighted by molar-refractivity contribution is 5.75. The Morgan fingerprint density at radius 1 is 0.667 bits per heavy atom. The van der Waals surface area contributed by atoms with Crippen molar-refractivity contribution in [2.24, 2.45) is 34.5 Å². The molecular weight excluding hydrogens is 448 g/mol. The first-order chi connectivity index (χ1) is 16.9. The SMILES string of the molecule is CCC(C)(C)CC(C)CCCCOC(=O)C1CCC(C(=O)OCCCCC(C)CC(C)(C)CC)CC1. The van der Waals surface area contributed by atoms with Crippen LogP contribution in [0.4, 0.5) is 0 Å². The van der Waals surface area contributed by atoms with Gasteiger partial charge in [-0.3, -0.25) is 9.59 Å². The molecule has 0 spiro atoms. The molecule has 4 nitrogen and oxygen atoms in total. The first-order valence-corrected chi connectivity index (χ1v) is 15.2. The third-order valence-electron chi connectivity index (χ3n) is 8.78. The lowest BCUT2D eigenvalue weighted by atomic mass is 9.80. The van der Waals surface area contributed by atoms with E-state index >= 15 is 0 Å². The average Bonchev–Trinajstić information content (AvgIpc) is 2.82. The molecule has 0 radical (unpaired) electrons. The van der Waals surface area contributed by atoms with E-state index in [0.717, 1.165) is 51.4 Å². The molecule has 0 N–H and O–H groups in total. The summed E-state index contributed by atoms with van der Waals surface area (Å²) in [6.07, 6.45) is 14.4. The summed E-state index contributed by atoms with van der Waals surface area (Å²) >= 11 is 0. The minimum absolute atomic E-state index is 0.0489. The standard InChI is InChI=1S/C32H60O4/c1-9-31(5,6)23-25(3)15-11-13-21-35-29(33)27-17-19-28(20-18-27)30(34)36-22-14-12-16-26(4)24-32(7,8)10-2/h25-28H,9-24H2,1-8H3. The Labute approximate surface area is 224 Å². The third-order valence-corrected chi connectivity index (χ3v) is 8.78. The van der Waals surface area contributed by atoms with Crippen molar-refractivity contribution < 1.29 is 19.1 Å². The summed E-state index contributed by atoms with van der Waals surface area (Å²) in [5.41, 5.74) is 0.836. The van der Waals surface area contributed by atoms with Crippen LogP contribution in [0.15, 0.2) is 0 Å². The molecule has 0 saturated heterocycles. The zero-order valence-electron chi connectivity index (χ0n) is 25.3. The Morgan fingerprint density at radius 3 is 1.31 bits per heavy atom. The second-order valence-corrected chi connectivity index (χ2v) is 13.5. The molecule has 4 heteroatoms. The molecule has 2 unspecified atom stereocenters. The van der Waals surface area contributed by atoms with Gasteiger partial charge in [0.05, 0.1) is 25.0 Å². The maximum Gasteiger partial charge on any atom is 0.308 e. The summed E-state index contributed by atoms with van der Waals surface area (Å²) in [6.45, 7) is 19.6. The van der Waals surface area contributed by atoms with Crippen molar-refractivity contribution >= 4 is 11.9 Å². The van der Waals surface area contributed by atoms with E-state index in [4.69, 9.17) is 9.47 Å². The number of hydrogen-bond acceptors (Lipinski definition) is 4. The number of unbranched alkanes of at least 4 members (excludes halogenated alkanes) is 2. The van der Waals surface area contributed by atoms with E-state index < -0.39 is 0 Å². The topological polar surface area (TPSA) is 52.6 Å². The van der Waals surface area contributed by atoms with Crippen molar-refractivity contribution in [1.29, 1.82) is 0 Å². The lowest BCUT2D eigenvalue weighted by Gasteiger charge is -2.27. The molecule has 36 heavy (non-hydrogen) atoms. The van der Waals surface area contributed by atoms with Crippen molar-refractivity contribution in [3.05, 3.63) is 0 Å². The molecule has 1 fully saturated rings. The number of carbonyl (C=O) groups excluding carboxylic acids is 2. The van der Waals surface area contributed by atoms with Crippen molar-refractivity contribution in [3.8, 4) is 0 Å². The molecule has 0 aromatic rings. The van der Waals surface area contributed by atoms with Gasteiger partial charge in [-0.25, -0.2) is 0 Å². The number of rotatable bonds is 18. The largest absolute Gasteiger partial charge is 0.465 e. The summed E-state index contributed by atoms with van der Waals surface area (Å²) in [5, 5.41) is 0. The molecule has 0 aromatic heterocycles. The van der Waals surface area contributed by atoms with Crippen molar-refractivity contribution in [1.82, 2.24) is 0 Å². The second-order valence-electron chi connectivity index (χ2n) is 13.5. The zero-order valence-corrected chi connectivity index (χ0v) is 25.3. The van der Waals surface area contributed by atoms with Crippen LogP contribution in [0.3, 0.4) is 0 Å². The molecule has 0 aliphatic heterocycles. The Hall–Kier alpha value is -1.06. The molecule has 2 atom stereocenters. The Kier molecular flexibility index (Phi) is 15.3. The van der Waals surface area contributed by atoms with Crippen LogP contribution >= 0.6 is 0 Å². The Balaban J connectivity index is 2.12. The van der Waals surface area contributed by atoms with Crippen LogP contribution in [0.2, 0.25) is 0 Å². The molecule has 0 aromatic carbocycles. The minimum Gasteiger partial charge on any atom is -0.465 e. The van der Waals surface area contributed by atoms with Gasteiger partial charge in [0.25, 0.3) is 0 Å². The van der Waals surface area contributed by atoms with E-state index in [-0.39, 0.29) is 23.8 Å². The van der Waals surface area contributed by atoms with Crippen molar-refractivity contribution in [2.75, 3.05) is 13.2 Å². The van der Waals surface area contributed by atoms with Crippen LogP contribution in [0.5, 0.6) is 0 Å². The van der Waals surface area contributed by atoms with Gasteiger partial charge in [-0.2, -0.15) is 0 Å². The van der Waals surface area contributed by atoms with Crippen LogP contribution in [-0.4, -0.2) is 25.2 Å². The van der Waals surface area contributed by atoms with E-state index in [2.05, 4.69) is 55.4 Å². The van der Waals surface area contributed by atoms with E-state index in [1.54, 1.807) is 0 Å². The fourth-order valence-electron chi connectivity index (χ4n) is 5.72. The molecule has 1 rings (SSSR count). The minimum atomic E-state index is -0.0673. The molecule has 1 aliphatic rings. The summed E-state index contributed by atoms with van der Waals surface area (Å²) in [4.78, 5) is 24.9. The first kappa shape index (κ1) is 33.0. The predicted octanol–water partition coefficient (Wildman–Crippen LogP) is 9.14.